The highest BCUT2D eigenvalue weighted by atomic mass is 32.1. The molecule has 152 valence electrons. The van der Waals surface area contributed by atoms with Gasteiger partial charge in [0.15, 0.2) is 0 Å². The van der Waals surface area contributed by atoms with Crippen LogP contribution in [0.5, 0.6) is 5.75 Å². The SMILES string of the molecule is CCCCOc1ccccc1C(=O)NCC(c1cccs1)N1CCCCCC1. The van der Waals surface area contributed by atoms with E-state index in [0.29, 0.717) is 24.5 Å². The number of benzene rings is 1. The molecule has 0 bridgehead atoms. The fourth-order valence-corrected chi connectivity index (χ4v) is 4.55. The number of thiophene rings is 1. The lowest BCUT2D eigenvalue weighted by atomic mass is 10.1. The van der Waals surface area contributed by atoms with E-state index in [4.69, 9.17) is 4.74 Å². The molecule has 2 heterocycles. The van der Waals surface area contributed by atoms with E-state index in [1.807, 2.05) is 24.3 Å². The molecule has 1 unspecified atom stereocenters. The van der Waals surface area contributed by atoms with E-state index in [1.54, 1.807) is 11.3 Å². The Morgan fingerprint density at radius 2 is 1.93 bits per heavy atom. The topological polar surface area (TPSA) is 41.6 Å². The predicted molar refractivity (Wildman–Crippen MR) is 116 cm³/mol. The smallest absolute Gasteiger partial charge is 0.255 e. The molecule has 0 aliphatic carbocycles. The standard InChI is InChI=1S/C23H32N2O2S/c1-2-3-16-27-21-12-7-6-11-19(21)23(26)24-18-20(22-13-10-17-28-22)25-14-8-4-5-9-15-25/h6-7,10-13,17,20H,2-5,8-9,14-16,18H2,1H3,(H,24,26). The van der Waals surface area contributed by atoms with Gasteiger partial charge in [-0.1, -0.05) is 44.4 Å². The highest BCUT2D eigenvalue weighted by Gasteiger charge is 2.23. The number of hydrogen-bond acceptors (Lipinski definition) is 4. The number of likely N-dealkylation sites (tertiary alicyclic amines) is 1. The molecule has 4 nitrogen and oxygen atoms in total. The van der Waals surface area contributed by atoms with Crippen LogP contribution in [0.2, 0.25) is 0 Å². The Hall–Kier alpha value is -1.85. The first-order valence-electron chi connectivity index (χ1n) is 10.6. The summed E-state index contributed by atoms with van der Waals surface area (Å²) < 4.78 is 5.84. The Labute approximate surface area is 172 Å². The van der Waals surface area contributed by atoms with Gasteiger partial charge in [0, 0.05) is 11.4 Å². The number of para-hydroxylation sites is 1. The Bertz CT molecular complexity index is 709. The number of nitrogens with zero attached hydrogens (tertiary/aromatic N) is 1. The van der Waals surface area contributed by atoms with Gasteiger partial charge < -0.3 is 10.1 Å². The highest BCUT2D eigenvalue weighted by molar-refractivity contribution is 7.10. The van der Waals surface area contributed by atoms with Gasteiger partial charge in [0.2, 0.25) is 0 Å². The van der Waals surface area contributed by atoms with Crippen LogP contribution in [0.15, 0.2) is 41.8 Å². The van der Waals surface area contributed by atoms with E-state index in [2.05, 4.69) is 34.7 Å². The molecule has 1 atom stereocenters. The molecule has 1 amide bonds. The van der Waals surface area contributed by atoms with Gasteiger partial charge in [0.25, 0.3) is 5.91 Å². The average Bonchev–Trinajstić information content (AvgIpc) is 3.11. The highest BCUT2D eigenvalue weighted by Crippen LogP contribution is 2.27. The van der Waals surface area contributed by atoms with E-state index in [0.717, 1.165) is 25.9 Å². The first kappa shape index (κ1) is 20.9. The van der Waals surface area contributed by atoms with E-state index in [9.17, 15) is 4.79 Å². The number of hydrogen-bond donors (Lipinski definition) is 1. The van der Waals surface area contributed by atoms with E-state index in [1.165, 1.54) is 30.6 Å². The summed E-state index contributed by atoms with van der Waals surface area (Å²) in [6.07, 6.45) is 7.16. The molecule has 2 aromatic rings. The molecule has 0 spiro atoms. The molecule has 1 saturated heterocycles. The lowest BCUT2D eigenvalue weighted by Crippen LogP contribution is -2.38. The van der Waals surface area contributed by atoms with Crippen LogP contribution in [-0.4, -0.2) is 37.0 Å². The van der Waals surface area contributed by atoms with Gasteiger partial charge >= 0.3 is 0 Å². The summed E-state index contributed by atoms with van der Waals surface area (Å²) in [4.78, 5) is 16.8. The Morgan fingerprint density at radius 1 is 1.14 bits per heavy atom. The summed E-state index contributed by atoms with van der Waals surface area (Å²) >= 11 is 1.78. The van der Waals surface area contributed by atoms with E-state index in [-0.39, 0.29) is 11.9 Å². The first-order chi connectivity index (χ1) is 13.8. The van der Waals surface area contributed by atoms with Crippen molar-refractivity contribution in [2.75, 3.05) is 26.2 Å². The average molecular weight is 401 g/mol. The van der Waals surface area contributed by atoms with E-state index >= 15 is 0 Å². The fraction of sp³-hybridized carbons (Fsp3) is 0.522. The molecule has 5 heteroatoms. The van der Waals surface area contributed by atoms with Crippen molar-refractivity contribution in [1.29, 1.82) is 0 Å². The molecule has 1 N–H and O–H groups in total. The summed E-state index contributed by atoms with van der Waals surface area (Å²) in [5.41, 5.74) is 0.624. The zero-order valence-corrected chi connectivity index (χ0v) is 17.7. The second kappa shape index (κ2) is 11.2. The minimum atomic E-state index is -0.0523. The minimum Gasteiger partial charge on any atom is -0.493 e. The Kier molecular flexibility index (Phi) is 8.37. The fourth-order valence-electron chi connectivity index (χ4n) is 3.69. The quantitative estimate of drug-likeness (QED) is 0.583. The van der Waals surface area contributed by atoms with Crippen molar-refractivity contribution in [2.24, 2.45) is 0 Å². The molecule has 1 fully saturated rings. The van der Waals surface area contributed by atoms with Gasteiger partial charge in [0.1, 0.15) is 5.75 Å². The molecule has 0 radical (unpaired) electrons. The maximum Gasteiger partial charge on any atom is 0.255 e. The number of ether oxygens (including phenoxy) is 1. The summed E-state index contributed by atoms with van der Waals surface area (Å²) in [6.45, 7) is 5.62. The third kappa shape index (κ3) is 5.82. The number of nitrogens with one attached hydrogen (secondary N) is 1. The molecule has 1 aromatic carbocycles. The second-order valence-corrected chi connectivity index (χ2v) is 8.37. The van der Waals surface area contributed by atoms with Crippen LogP contribution >= 0.6 is 11.3 Å². The monoisotopic (exact) mass is 400 g/mol. The van der Waals surface area contributed by atoms with E-state index < -0.39 is 0 Å². The summed E-state index contributed by atoms with van der Waals surface area (Å²) in [7, 11) is 0. The Morgan fingerprint density at radius 3 is 2.64 bits per heavy atom. The third-order valence-corrected chi connectivity index (χ3v) is 6.27. The molecule has 3 rings (SSSR count). The number of rotatable bonds is 9. The summed E-state index contributed by atoms with van der Waals surface area (Å²) in [5, 5.41) is 5.31. The number of amides is 1. The van der Waals surface area contributed by atoms with Gasteiger partial charge in [-0.05, 0) is 55.9 Å². The molecule has 0 saturated carbocycles. The molecule has 28 heavy (non-hydrogen) atoms. The van der Waals surface area contributed by atoms with Crippen molar-refractivity contribution in [2.45, 2.75) is 51.5 Å². The van der Waals surface area contributed by atoms with Crippen LogP contribution in [0.25, 0.3) is 0 Å². The normalized spacial score (nSPS) is 16.3. The van der Waals surface area contributed by atoms with Gasteiger partial charge in [0.05, 0.1) is 18.2 Å². The zero-order valence-electron chi connectivity index (χ0n) is 16.9. The van der Waals surface area contributed by atoms with Crippen molar-refractivity contribution < 1.29 is 9.53 Å². The minimum absolute atomic E-state index is 0.0523. The van der Waals surface area contributed by atoms with Crippen LogP contribution in [0.3, 0.4) is 0 Å². The van der Waals surface area contributed by atoms with Crippen molar-refractivity contribution in [1.82, 2.24) is 10.2 Å². The van der Waals surface area contributed by atoms with Crippen LogP contribution < -0.4 is 10.1 Å². The van der Waals surface area contributed by atoms with Gasteiger partial charge in [-0.25, -0.2) is 0 Å². The molecule has 1 aromatic heterocycles. The zero-order chi connectivity index (χ0) is 19.6. The largest absolute Gasteiger partial charge is 0.493 e. The van der Waals surface area contributed by atoms with Crippen molar-refractivity contribution in [3.8, 4) is 5.75 Å². The lowest BCUT2D eigenvalue weighted by molar-refractivity contribution is 0.0930. The third-order valence-electron chi connectivity index (χ3n) is 5.30. The van der Waals surface area contributed by atoms with Crippen LogP contribution in [-0.2, 0) is 0 Å². The number of carbonyl (C=O) groups excluding carboxylic acids is 1. The van der Waals surface area contributed by atoms with Crippen LogP contribution in [0, 0.1) is 0 Å². The summed E-state index contributed by atoms with van der Waals surface area (Å²) in [6, 6.07) is 12.1. The second-order valence-electron chi connectivity index (χ2n) is 7.39. The lowest BCUT2D eigenvalue weighted by Gasteiger charge is -2.30. The Balaban J connectivity index is 1.67. The summed E-state index contributed by atoms with van der Waals surface area (Å²) in [5.74, 6) is 0.624. The maximum atomic E-state index is 12.9. The van der Waals surface area contributed by atoms with Gasteiger partial charge in [-0.3, -0.25) is 9.69 Å². The molecular formula is C23H32N2O2S. The number of carbonyl (C=O) groups is 1. The van der Waals surface area contributed by atoms with Crippen LogP contribution in [0.4, 0.5) is 0 Å². The van der Waals surface area contributed by atoms with Crippen molar-refractivity contribution in [3.63, 3.8) is 0 Å². The predicted octanol–water partition coefficient (Wildman–Crippen LogP) is 5.27. The van der Waals surface area contributed by atoms with Crippen molar-refractivity contribution in [3.05, 3.63) is 52.2 Å². The van der Waals surface area contributed by atoms with Crippen LogP contribution in [0.1, 0.15) is 66.7 Å². The molecular weight excluding hydrogens is 368 g/mol. The molecule has 1 aliphatic rings. The van der Waals surface area contributed by atoms with Crippen molar-refractivity contribution >= 4 is 17.2 Å². The first-order valence-corrected chi connectivity index (χ1v) is 11.4. The van der Waals surface area contributed by atoms with Gasteiger partial charge in [-0.15, -0.1) is 11.3 Å². The number of unbranched alkanes of at least 4 members (excludes halogenated alkanes) is 1. The molecule has 1 aliphatic heterocycles. The maximum absolute atomic E-state index is 12.9. The van der Waals surface area contributed by atoms with Gasteiger partial charge in [-0.2, -0.15) is 0 Å².